The standard InChI is InChI=1S/C13H23ClN2/c14-7-2-5-8-15-11-6-13(12-15)16-9-3-1-4-10-16/h2,5,13H,1,3-4,6-12H2. The number of hydrogen-bond donors (Lipinski definition) is 0. The molecule has 2 nitrogen and oxygen atoms in total. The highest BCUT2D eigenvalue weighted by Gasteiger charge is 2.27. The van der Waals surface area contributed by atoms with Gasteiger partial charge in [0.15, 0.2) is 0 Å². The van der Waals surface area contributed by atoms with Gasteiger partial charge in [-0.1, -0.05) is 18.6 Å². The lowest BCUT2D eigenvalue weighted by Crippen LogP contribution is -2.40. The van der Waals surface area contributed by atoms with Gasteiger partial charge in [0.25, 0.3) is 0 Å². The van der Waals surface area contributed by atoms with Crippen LogP contribution in [0.2, 0.25) is 0 Å². The highest BCUT2D eigenvalue weighted by Crippen LogP contribution is 2.19. The summed E-state index contributed by atoms with van der Waals surface area (Å²) in [5.74, 6) is 0.642. The first-order chi connectivity index (χ1) is 7.90. The molecule has 16 heavy (non-hydrogen) atoms. The van der Waals surface area contributed by atoms with E-state index >= 15 is 0 Å². The molecule has 0 N–H and O–H groups in total. The average Bonchev–Trinajstić information content (AvgIpc) is 2.79. The van der Waals surface area contributed by atoms with Crippen molar-refractivity contribution >= 4 is 11.6 Å². The lowest BCUT2D eigenvalue weighted by Gasteiger charge is -2.32. The van der Waals surface area contributed by atoms with Gasteiger partial charge in [-0.3, -0.25) is 9.80 Å². The summed E-state index contributed by atoms with van der Waals surface area (Å²) >= 11 is 5.62. The van der Waals surface area contributed by atoms with Gasteiger partial charge < -0.3 is 0 Å². The number of piperidine rings is 1. The minimum atomic E-state index is 0.642. The third kappa shape index (κ3) is 3.47. The Labute approximate surface area is 104 Å². The van der Waals surface area contributed by atoms with Crippen LogP contribution in [0.3, 0.4) is 0 Å². The van der Waals surface area contributed by atoms with E-state index in [4.69, 9.17) is 11.6 Å². The van der Waals surface area contributed by atoms with Gasteiger partial charge in [-0.15, -0.1) is 11.6 Å². The highest BCUT2D eigenvalue weighted by molar-refractivity contribution is 6.18. The zero-order valence-corrected chi connectivity index (χ0v) is 10.8. The van der Waals surface area contributed by atoms with Crippen molar-refractivity contribution < 1.29 is 0 Å². The average molecular weight is 243 g/mol. The number of rotatable bonds is 4. The molecule has 0 aromatic rings. The van der Waals surface area contributed by atoms with Crippen LogP contribution < -0.4 is 0 Å². The fraction of sp³-hybridized carbons (Fsp3) is 0.846. The number of hydrogen-bond acceptors (Lipinski definition) is 2. The summed E-state index contributed by atoms with van der Waals surface area (Å²) in [4.78, 5) is 5.25. The molecule has 1 atom stereocenters. The summed E-state index contributed by atoms with van der Waals surface area (Å²) in [6, 6.07) is 0.824. The Morgan fingerprint density at radius 3 is 2.62 bits per heavy atom. The van der Waals surface area contributed by atoms with Crippen LogP contribution >= 0.6 is 11.6 Å². The van der Waals surface area contributed by atoms with E-state index in [1.807, 2.05) is 0 Å². The Hall–Kier alpha value is -0.0500. The highest BCUT2D eigenvalue weighted by atomic mass is 35.5. The second-order valence-electron chi connectivity index (χ2n) is 4.92. The van der Waals surface area contributed by atoms with Gasteiger partial charge in [0.1, 0.15) is 0 Å². The Balaban J connectivity index is 1.72. The van der Waals surface area contributed by atoms with E-state index in [0.717, 1.165) is 12.6 Å². The van der Waals surface area contributed by atoms with E-state index in [1.54, 1.807) is 0 Å². The Morgan fingerprint density at radius 1 is 1.06 bits per heavy atom. The zero-order valence-electron chi connectivity index (χ0n) is 10.1. The summed E-state index contributed by atoms with van der Waals surface area (Å²) in [5.41, 5.74) is 0. The molecule has 0 aromatic heterocycles. The molecule has 2 aliphatic heterocycles. The first kappa shape index (κ1) is 12.4. The molecular formula is C13H23ClN2. The van der Waals surface area contributed by atoms with Crippen LogP contribution in [0.25, 0.3) is 0 Å². The number of nitrogens with zero attached hydrogens (tertiary/aromatic N) is 2. The van der Waals surface area contributed by atoms with Gasteiger partial charge in [0.2, 0.25) is 0 Å². The Kier molecular flexibility index (Phi) is 5.14. The largest absolute Gasteiger partial charge is 0.299 e. The van der Waals surface area contributed by atoms with Crippen LogP contribution in [0, 0.1) is 0 Å². The minimum absolute atomic E-state index is 0.642. The second kappa shape index (κ2) is 6.63. The molecule has 0 amide bonds. The van der Waals surface area contributed by atoms with Crippen molar-refractivity contribution in [1.82, 2.24) is 9.80 Å². The summed E-state index contributed by atoms with van der Waals surface area (Å²) in [6.45, 7) is 6.25. The summed E-state index contributed by atoms with van der Waals surface area (Å²) in [7, 11) is 0. The van der Waals surface area contributed by atoms with Crippen molar-refractivity contribution in [3.63, 3.8) is 0 Å². The maximum atomic E-state index is 5.62. The van der Waals surface area contributed by atoms with Crippen molar-refractivity contribution in [2.45, 2.75) is 31.7 Å². The van der Waals surface area contributed by atoms with Gasteiger partial charge in [-0.2, -0.15) is 0 Å². The number of allylic oxidation sites excluding steroid dienone is 1. The molecule has 0 aliphatic carbocycles. The molecule has 2 aliphatic rings. The summed E-state index contributed by atoms with van der Waals surface area (Å²) < 4.78 is 0. The number of halogens is 1. The molecule has 2 fully saturated rings. The van der Waals surface area contributed by atoms with Crippen LogP contribution in [0.4, 0.5) is 0 Å². The molecule has 0 spiro atoms. The van der Waals surface area contributed by atoms with Crippen molar-refractivity contribution in [2.24, 2.45) is 0 Å². The van der Waals surface area contributed by atoms with E-state index in [2.05, 4.69) is 22.0 Å². The van der Waals surface area contributed by atoms with Gasteiger partial charge in [-0.25, -0.2) is 0 Å². The van der Waals surface area contributed by atoms with Crippen LogP contribution in [0.1, 0.15) is 25.7 Å². The van der Waals surface area contributed by atoms with Crippen molar-refractivity contribution in [1.29, 1.82) is 0 Å². The van der Waals surface area contributed by atoms with Crippen LogP contribution in [0.15, 0.2) is 12.2 Å². The van der Waals surface area contributed by atoms with E-state index in [9.17, 15) is 0 Å². The fourth-order valence-electron chi connectivity index (χ4n) is 2.85. The molecule has 92 valence electrons. The van der Waals surface area contributed by atoms with Crippen LogP contribution in [0.5, 0.6) is 0 Å². The lowest BCUT2D eigenvalue weighted by atomic mass is 10.1. The molecule has 3 heteroatoms. The zero-order chi connectivity index (χ0) is 11.2. The second-order valence-corrected chi connectivity index (χ2v) is 5.23. The Morgan fingerprint density at radius 2 is 1.88 bits per heavy atom. The van der Waals surface area contributed by atoms with Crippen LogP contribution in [-0.4, -0.2) is 54.4 Å². The van der Waals surface area contributed by atoms with Gasteiger partial charge in [0.05, 0.1) is 0 Å². The lowest BCUT2D eigenvalue weighted by molar-refractivity contribution is 0.164. The van der Waals surface area contributed by atoms with E-state index in [1.165, 1.54) is 51.9 Å². The predicted octanol–water partition coefficient (Wildman–Crippen LogP) is 2.34. The molecule has 0 radical (unpaired) electrons. The van der Waals surface area contributed by atoms with E-state index in [0.29, 0.717) is 5.88 Å². The Bertz CT molecular complexity index is 224. The molecule has 0 saturated carbocycles. The normalized spacial score (nSPS) is 29.2. The molecule has 2 rings (SSSR count). The third-order valence-electron chi connectivity index (χ3n) is 3.77. The number of alkyl halides is 1. The molecule has 2 saturated heterocycles. The first-order valence-electron chi connectivity index (χ1n) is 6.57. The van der Waals surface area contributed by atoms with E-state index < -0.39 is 0 Å². The first-order valence-corrected chi connectivity index (χ1v) is 7.11. The van der Waals surface area contributed by atoms with Gasteiger partial charge in [-0.05, 0) is 32.4 Å². The molecule has 1 unspecified atom stereocenters. The van der Waals surface area contributed by atoms with Gasteiger partial charge >= 0.3 is 0 Å². The summed E-state index contributed by atoms with van der Waals surface area (Å²) in [5, 5.41) is 0. The van der Waals surface area contributed by atoms with Crippen molar-refractivity contribution in [2.75, 3.05) is 38.6 Å². The molecular weight excluding hydrogens is 220 g/mol. The number of likely N-dealkylation sites (tertiary alicyclic amines) is 2. The smallest absolute Gasteiger partial charge is 0.0404 e. The maximum Gasteiger partial charge on any atom is 0.0404 e. The summed E-state index contributed by atoms with van der Waals surface area (Å²) in [6.07, 6.45) is 9.85. The van der Waals surface area contributed by atoms with E-state index in [-0.39, 0.29) is 0 Å². The quantitative estimate of drug-likeness (QED) is 0.552. The molecule has 2 heterocycles. The minimum Gasteiger partial charge on any atom is -0.299 e. The molecule has 0 aromatic carbocycles. The predicted molar refractivity (Wildman–Crippen MR) is 70.1 cm³/mol. The van der Waals surface area contributed by atoms with Crippen molar-refractivity contribution in [3.05, 3.63) is 12.2 Å². The SMILES string of the molecule is ClCC=CCN1CCC(N2CCCCC2)C1. The molecule has 0 bridgehead atoms. The maximum absolute atomic E-state index is 5.62. The monoisotopic (exact) mass is 242 g/mol. The fourth-order valence-corrected chi connectivity index (χ4v) is 2.97. The van der Waals surface area contributed by atoms with Crippen LogP contribution in [-0.2, 0) is 0 Å². The topological polar surface area (TPSA) is 6.48 Å². The van der Waals surface area contributed by atoms with Gasteiger partial charge in [0, 0.05) is 31.6 Å². The third-order valence-corrected chi connectivity index (χ3v) is 3.95. The van der Waals surface area contributed by atoms with Crippen molar-refractivity contribution in [3.8, 4) is 0 Å².